The number of pyridine rings is 1. The van der Waals surface area contributed by atoms with E-state index in [1.165, 1.54) is 15.3 Å². The molecule has 0 N–H and O–H groups in total. The van der Waals surface area contributed by atoms with E-state index in [-0.39, 0.29) is 12.2 Å². The third-order valence-corrected chi connectivity index (χ3v) is 4.26. The summed E-state index contributed by atoms with van der Waals surface area (Å²) in [5, 5.41) is 5.61. The Bertz CT molecular complexity index is 1170. The molecule has 0 saturated heterocycles. The van der Waals surface area contributed by atoms with Crippen molar-refractivity contribution in [3.05, 3.63) is 62.9 Å². The first-order valence-electron chi connectivity index (χ1n) is 7.29. The summed E-state index contributed by atoms with van der Waals surface area (Å²) >= 11 is 12.1. The van der Waals surface area contributed by atoms with Crippen LogP contribution in [0.2, 0.25) is 10.0 Å². The predicted molar refractivity (Wildman–Crippen MR) is 94.6 cm³/mol. The molecule has 0 radical (unpaired) electrons. The van der Waals surface area contributed by atoms with Crippen molar-refractivity contribution in [3.63, 3.8) is 0 Å². The Labute approximate surface area is 151 Å². The molecule has 3 heterocycles. The first-order valence-corrected chi connectivity index (χ1v) is 8.04. The number of halogens is 2. The van der Waals surface area contributed by atoms with Crippen LogP contribution in [-0.4, -0.2) is 31.3 Å². The van der Waals surface area contributed by atoms with Crippen molar-refractivity contribution in [1.29, 1.82) is 0 Å². The molecule has 0 amide bonds. The van der Waals surface area contributed by atoms with Gasteiger partial charge in [-0.15, -0.1) is 5.10 Å². The van der Waals surface area contributed by atoms with E-state index in [0.29, 0.717) is 38.2 Å². The van der Waals surface area contributed by atoms with Crippen LogP contribution >= 0.6 is 23.2 Å². The highest BCUT2D eigenvalue weighted by Crippen LogP contribution is 2.24. The zero-order valence-corrected chi connectivity index (χ0v) is 14.5. The SMILES string of the molecule is COCc1nc2ncc3c(=O)n(-c4ccc(Cl)cc4Cl)ccc3n2n1. The highest BCUT2D eigenvalue weighted by molar-refractivity contribution is 6.35. The minimum Gasteiger partial charge on any atom is -0.377 e. The Balaban J connectivity index is 1.96. The third-order valence-electron chi connectivity index (χ3n) is 3.72. The van der Waals surface area contributed by atoms with Crippen LogP contribution in [0, 0.1) is 0 Å². The lowest BCUT2D eigenvalue weighted by Gasteiger charge is -2.09. The van der Waals surface area contributed by atoms with Crippen LogP contribution in [0.4, 0.5) is 0 Å². The van der Waals surface area contributed by atoms with Gasteiger partial charge in [-0.3, -0.25) is 9.36 Å². The molecule has 0 aliphatic carbocycles. The molecule has 25 heavy (non-hydrogen) atoms. The minimum absolute atomic E-state index is 0.264. The Kier molecular flexibility index (Phi) is 3.91. The van der Waals surface area contributed by atoms with E-state index in [1.807, 2.05) is 0 Å². The molecule has 0 aliphatic rings. The van der Waals surface area contributed by atoms with Gasteiger partial charge in [-0.25, -0.2) is 4.98 Å². The maximum absolute atomic E-state index is 12.9. The fourth-order valence-electron chi connectivity index (χ4n) is 2.62. The maximum atomic E-state index is 12.9. The number of hydrogen-bond donors (Lipinski definition) is 0. The van der Waals surface area contributed by atoms with Crippen molar-refractivity contribution < 1.29 is 4.74 Å². The number of hydrogen-bond acceptors (Lipinski definition) is 5. The summed E-state index contributed by atoms with van der Waals surface area (Å²) < 4.78 is 8.01. The Morgan fingerprint density at radius 2 is 2.08 bits per heavy atom. The summed E-state index contributed by atoms with van der Waals surface area (Å²) in [4.78, 5) is 21.4. The van der Waals surface area contributed by atoms with Gasteiger partial charge in [0.2, 0.25) is 0 Å². The van der Waals surface area contributed by atoms with Crippen LogP contribution in [0.15, 0.2) is 41.5 Å². The van der Waals surface area contributed by atoms with Gasteiger partial charge in [0.25, 0.3) is 11.3 Å². The molecular formula is C16H11Cl2N5O2. The second-order valence-corrected chi connectivity index (χ2v) is 6.16. The van der Waals surface area contributed by atoms with Gasteiger partial charge < -0.3 is 4.74 Å². The molecule has 126 valence electrons. The summed E-state index contributed by atoms with van der Waals surface area (Å²) in [5.74, 6) is 0.897. The summed E-state index contributed by atoms with van der Waals surface area (Å²) in [6.45, 7) is 0.266. The Morgan fingerprint density at radius 3 is 2.84 bits per heavy atom. The van der Waals surface area contributed by atoms with Crippen molar-refractivity contribution in [2.24, 2.45) is 0 Å². The van der Waals surface area contributed by atoms with Gasteiger partial charge in [0, 0.05) is 24.5 Å². The second kappa shape index (κ2) is 6.11. The number of methoxy groups -OCH3 is 1. The summed E-state index contributed by atoms with van der Waals surface area (Å²) in [6.07, 6.45) is 3.12. The molecule has 0 unspecified atom stereocenters. The lowest BCUT2D eigenvalue weighted by atomic mass is 10.2. The molecule has 7 nitrogen and oxygen atoms in total. The third kappa shape index (κ3) is 2.66. The van der Waals surface area contributed by atoms with E-state index in [0.717, 1.165) is 0 Å². The highest BCUT2D eigenvalue weighted by Gasteiger charge is 2.13. The van der Waals surface area contributed by atoms with Crippen molar-refractivity contribution >= 4 is 39.9 Å². The quantitative estimate of drug-likeness (QED) is 0.550. The molecule has 0 fully saturated rings. The molecule has 4 aromatic rings. The summed E-state index contributed by atoms with van der Waals surface area (Å²) in [5.41, 5.74) is 0.878. The molecular weight excluding hydrogens is 365 g/mol. The van der Waals surface area contributed by atoms with Crippen LogP contribution in [0.25, 0.3) is 22.4 Å². The first kappa shape index (κ1) is 16.0. The van der Waals surface area contributed by atoms with Crippen LogP contribution in [0.1, 0.15) is 5.82 Å². The van der Waals surface area contributed by atoms with Crippen LogP contribution < -0.4 is 5.56 Å². The van der Waals surface area contributed by atoms with Crippen LogP contribution in [0.3, 0.4) is 0 Å². The monoisotopic (exact) mass is 375 g/mol. The molecule has 0 atom stereocenters. The molecule has 0 bridgehead atoms. The summed E-state index contributed by atoms with van der Waals surface area (Å²) in [6, 6.07) is 6.72. The molecule has 0 spiro atoms. The summed E-state index contributed by atoms with van der Waals surface area (Å²) in [7, 11) is 1.56. The number of rotatable bonds is 3. The zero-order valence-electron chi connectivity index (χ0n) is 13.0. The Hall–Kier alpha value is -2.48. The van der Waals surface area contributed by atoms with E-state index >= 15 is 0 Å². The van der Waals surface area contributed by atoms with E-state index < -0.39 is 0 Å². The van der Waals surface area contributed by atoms with Gasteiger partial charge in [0.1, 0.15) is 6.61 Å². The van der Waals surface area contributed by atoms with Crippen LogP contribution in [-0.2, 0) is 11.3 Å². The van der Waals surface area contributed by atoms with Gasteiger partial charge in [-0.2, -0.15) is 9.50 Å². The lowest BCUT2D eigenvalue weighted by molar-refractivity contribution is 0.178. The second-order valence-electron chi connectivity index (χ2n) is 5.32. The van der Waals surface area contributed by atoms with Gasteiger partial charge in [-0.05, 0) is 24.3 Å². The smallest absolute Gasteiger partial charge is 0.266 e. The molecule has 1 aromatic carbocycles. The predicted octanol–water partition coefficient (Wildman–Crippen LogP) is 2.88. The van der Waals surface area contributed by atoms with Gasteiger partial charge >= 0.3 is 0 Å². The molecule has 0 aliphatic heterocycles. The van der Waals surface area contributed by atoms with Crippen LogP contribution in [0.5, 0.6) is 0 Å². The van der Waals surface area contributed by atoms with E-state index in [2.05, 4.69) is 15.1 Å². The molecule has 9 heteroatoms. The standard InChI is InChI=1S/C16H11Cl2N5O2/c1-25-8-14-20-16-19-7-10-12(23(16)21-14)4-5-22(15(10)24)13-3-2-9(17)6-11(13)18/h2-7H,8H2,1H3. The van der Waals surface area contributed by atoms with E-state index in [1.54, 1.807) is 37.6 Å². The highest BCUT2D eigenvalue weighted by atomic mass is 35.5. The first-order chi connectivity index (χ1) is 12.1. The molecule has 4 rings (SSSR count). The lowest BCUT2D eigenvalue weighted by Crippen LogP contribution is -2.19. The average molecular weight is 376 g/mol. The Morgan fingerprint density at radius 1 is 1.24 bits per heavy atom. The maximum Gasteiger partial charge on any atom is 0.266 e. The number of nitrogens with zero attached hydrogens (tertiary/aromatic N) is 5. The average Bonchev–Trinajstić information content (AvgIpc) is 2.99. The fourth-order valence-corrected chi connectivity index (χ4v) is 3.12. The minimum atomic E-state index is -0.264. The fraction of sp³-hybridized carbons (Fsp3) is 0.125. The van der Waals surface area contributed by atoms with Crippen molar-refractivity contribution in [2.45, 2.75) is 6.61 Å². The normalized spacial score (nSPS) is 11.5. The topological polar surface area (TPSA) is 74.3 Å². The number of benzene rings is 1. The van der Waals surface area contributed by atoms with Crippen molar-refractivity contribution in [2.75, 3.05) is 7.11 Å². The molecule has 0 saturated carbocycles. The van der Waals surface area contributed by atoms with Gasteiger partial charge in [0.15, 0.2) is 5.82 Å². The van der Waals surface area contributed by atoms with Gasteiger partial charge in [0.05, 0.1) is 21.6 Å². The van der Waals surface area contributed by atoms with Gasteiger partial charge in [-0.1, -0.05) is 23.2 Å². The van der Waals surface area contributed by atoms with E-state index in [9.17, 15) is 4.79 Å². The number of ether oxygens (including phenoxy) is 1. The van der Waals surface area contributed by atoms with Crippen molar-refractivity contribution in [1.82, 2.24) is 24.1 Å². The van der Waals surface area contributed by atoms with Crippen molar-refractivity contribution in [3.8, 4) is 5.69 Å². The largest absolute Gasteiger partial charge is 0.377 e. The number of aromatic nitrogens is 5. The van der Waals surface area contributed by atoms with E-state index in [4.69, 9.17) is 27.9 Å². The number of fused-ring (bicyclic) bond motifs is 3. The molecule has 3 aromatic heterocycles. The zero-order chi connectivity index (χ0) is 17.6.